The van der Waals surface area contributed by atoms with Gasteiger partial charge in [0, 0.05) is 6.04 Å². The van der Waals surface area contributed by atoms with E-state index in [1.54, 1.807) is 18.2 Å². The van der Waals surface area contributed by atoms with Crippen LogP contribution in [0.15, 0.2) is 35.2 Å². The minimum atomic E-state index is -3.32. The van der Waals surface area contributed by atoms with Crippen molar-refractivity contribution >= 4 is 16.1 Å². The summed E-state index contributed by atoms with van der Waals surface area (Å²) >= 11 is 0. The van der Waals surface area contributed by atoms with Crippen molar-refractivity contribution in [1.82, 2.24) is 4.72 Å². The third kappa shape index (κ3) is 2.71. The molecule has 0 bridgehead atoms. The van der Waals surface area contributed by atoms with Gasteiger partial charge in [-0.25, -0.2) is 13.1 Å². The van der Waals surface area contributed by atoms with Crippen LogP contribution in [-0.2, 0) is 10.0 Å². The van der Waals surface area contributed by atoms with Gasteiger partial charge in [-0.15, -0.1) is 0 Å². The molecule has 4 heteroatoms. The smallest absolute Gasteiger partial charge is 0.208 e. The highest BCUT2D eigenvalue weighted by atomic mass is 32.2. The second-order valence-electron chi connectivity index (χ2n) is 3.97. The highest BCUT2D eigenvalue weighted by Gasteiger charge is 2.27. The lowest BCUT2D eigenvalue weighted by molar-refractivity contribution is 0.581. The lowest BCUT2D eigenvalue weighted by atomic mass is 10.2. The fourth-order valence-corrected chi connectivity index (χ4v) is 2.83. The molecule has 16 heavy (non-hydrogen) atoms. The van der Waals surface area contributed by atoms with Crippen LogP contribution in [-0.4, -0.2) is 14.5 Å². The molecule has 1 N–H and O–H groups in total. The third-order valence-corrected chi connectivity index (χ3v) is 3.94. The van der Waals surface area contributed by atoms with Crippen LogP contribution < -0.4 is 4.72 Å². The molecule has 0 unspecified atom stereocenters. The van der Waals surface area contributed by atoms with Crippen LogP contribution in [0.4, 0.5) is 0 Å². The van der Waals surface area contributed by atoms with Gasteiger partial charge in [0.2, 0.25) is 10.0 Å². The molecule has 0 aromatic heterocycles. The summed E-state index contributed by atoms with van der Waals surface area (Å²) < 4.78 is 26.5. The first-order chi connectivity index (χ1) is 7.62. The first-order valence-corrected chi connectivity index (χ1v) is 6.85. The molecule has 0 aliphatic heterocycles. The van der Waals surface area contributed by atoms with Crippen LogP contribution in [0.2, 0.25) is 0 Å². The average Bonchev–Trinajstić information content (AvgIpc) is 3.02. The summed E-state index contributed by atoms with van der Waals surface area (Å²) in [6, 6.07) is 7.10. The van der Waals surface area contributed by atoms with Gasteiger partial charge >= 0.3 is 0 Å². The van der Waals surface area contributed by atoms with Gasteiger partial charge in [-0.1, -0.05) is 24.3 Å². The summed E-state index contributed by atoms with van der Waals surface area (Å²) in [6.07, 6.45) is 5.68. The Bertz CT molecular complexity index is 502. The van der Waals surface area contributed by atoms with Crippen molar-refractivity contribution in [3.8, 4) is 0 Å². The van der Waals surface area contributed by atoms with Gasteiger partial charge in [-0.2, -0.15) is 0 Å². The average molecular weight is 237 g/mol. The summed E-state index contributed by atoms with van der Waals surface area (Å²) in [5, 5.41) is 0. The molecule has 0 radical (unpaired) electrons. The molecule has 1 aromatic rings. The second-order valence-corrected chi connectivity index (χ2v) is 5.68. The molecule has 1 aromatic carbocycles. The van der Waals surface area contributed by atoms with Gasteiger partial charge in [0.05, 0.1) is 4.90 Å². The Kier molecular flexibility index (Phi) is 3.12. The number of rotatable bonds is 4. The highest BCUT2D eigenvalue weighted by molar-refractivity contribution is 7.89. The SMILES string of the molecule is CC=Cc1cccc(S(=O)(=O)NC2CC2)c1. The number of hydrogen-bond donors (Lipinski definition) is 1. The van der Waals surface area contributed by atoms with Gasteiger partial charge in [-0.3, -0.25) is 0 Å². The number of nitrogens with one attached hydrogen (secondary N) is 1. The summed E-state index contributed by atoms with van der Waals surface area (Å²) in [5.41, 5.74) is 0.904. The van der Waals surface area contributed by atoms with Crippen molar-refractivity contribution in [3.63, 3.8) is 0 Å². The Hall–Kier alpha value is -1.13. The van der Waals surface area contributed by atoms with E-state index in [1.807, 2.05) is 25.1 Å². The number of sulfonamides is 1. The lowest BCUT2D eigenvalue weighted by Crippen LogP contribution is -2.25. The Morgan fingerprint density at radius 3 is 2.75 bits per heavy atom. The van der Waals surface area contributed by atoms with E-state index in [9.17, 15) is 8.42 Å². The standard InChI is InChI=1S/C12H15NO2S/c1-2-4-10-5-3-6-12(9-10)16(14,15)13-11-7-8-11/h2-6,9,11,13H,7-8H2,1H3. The summed E-state index contributed by atoms with van der Waals surface area (Å²) in [4.78, 5) is 0.343. The fraction of sp³-hybridized carbons (Fsp3) is 0.333. The Morgan fingerprint density at radius 1 is 1.38 bits per heavy atom. The molecule has 1 fully saturated rings. The van der Waals surface area contributed by atoms with Crippen molar-refractivity contribution < 1.29 is 8.42 Å². The van der Waals surface area contributed by atoms with Gasteiger partial charge in [0.25, 0.3) is 0 Å². The quantitative estimate of drug-likeness (QED) is 0.872. The van der Waals surface area contributed by atoms with Gasteiger partial charge in [0.15, 0.2) is 0 Å². The van der Waals surface area contributed by atoms with Crippen LogP contribution >= 0.6 is 0 Å². The largest absolute Gasteiger partial charge is 0.240 e. The molecular formula is C12H15NO2S. The summed E-state index contributed by atoms with van der Waals surface area (Å²) in [7, 11) is -3.32. The second kappa shape index (κ2) is 4.39. The van der Waals surface area contributed by atoms with Crippen LogP contribution in [0.1, 0.15) is 25.3 Å². The highest BCUT2D eigenvalue weighted by Crippen LogP contribution is 2.22. The molecule has 1 aliphatic rings. The molecule has 0 atom stereocenters. The molecule has 3 nitrogen and oxygen atoms in total. The number of benzene rings is 1. The van der Waals surface area contributed by atoms with E-state index in [4.69, 9.17) is 0 Å². The normalized spacial score (nSPS) is 16.8. The predicted molar refractivity (Wildman–Crippen MR) is 64.5 cm³/mol. The van der Waals surface area contributed by atoms with E-state index < -0.39 is 10.0 Å². The molecule has 0 saturated heterocycles. The van der Waals surface area contributed by atoms with Crippen LogP contribution in [0.25, 0.3) is 6.08 Å². The van der Waals surface area contributed by atoms with Gasteiger partial charge < -0.3 is 0 Å². The minimum Gasteiger partial charge on any atom is -0.208 e. The van der Waals surface area contributed by atoms with Crippen LogP contribution in [0, 0.1) is 0 Å². The van der Waals surface area contributed by atoms with Crippen molar-refractivity contribution in [2.45, 2.75) is 30.7 Å². The minimum absolute atomic E-state index is 0.148. The van der Waals surface area contributed by atoms with Crippen molar-refractivity contribution in [3.05, 3.63) is 35.9 Å². The Balaban J connectivity index is 2.27. The van der Waals surface area contributed by atoms with E-state index in [1.165, 1.54) is 0 Å². The molecule has 0 spiro atoms. The monoisotopic (exact) mass is 237 g/mol. The van der Waals surface area contributed by atoms with E-state index in [2.05, 4.69) is 4.72 Å². The van der Waals surface area contributed by atoms with Gasteiger partial charge in [0.1, 0.15) is 0 Å². The Morgan fingerprint density at radius 2 is 2.12 bits per heavy atom. The maximum atomic E-state index is 11.9. The molecule has 86 valence electrons. The zero-order valence-electron chi connectivity index (χ0n) is 9.18. The Labute approximate surface area is 96.2 Å². The van der Waals surface area contributed by atoms with Crippen molar-refractivity contribution in [2.75, 3.05) is 0 Å². The predicted octanol–water partition coefficient (Wildman–Crippen LogP) is 2.16. The van der Waals surface area contributed by atoms with E-state index >= 15 is 0 Å². The third-order valence-electron chi connectivity index (χ3n) is 2.43. The maximum Gasteiger partial charge on any atom is 0.240 e. The summed E-state index contributed by atoms with van der Waals surface area (Å²) in [6.45, 7) is 1.91. The molecule has 1 saturated carbocycles. The van der Waals surface area contributed by atoms with Crippen molar-refractivity contribution in [2.24, 2.45) is 0 Å². The zero-order valence-corrected chi connectivity index (χ0v) is 10.00. The fourth-order valence-electron chi connectivity index (χ4n) is 1.47. The lowest BCUT2D eigenvalue weighted by Gasteiger charge is -2.05. The van der Waals surface area contributed by atoms with Crippen LogP contribution in [0.5, 0.6) is 0 Å². The van der Waals surface area contributed by atoms with Crippen molar-refractivity contribution in [1.29, 1.82) is 0 Å². The summed E-state index contributed by atoms with van der Waals surface area (Å²) in [5.74, 6) is 0. The first kappa shape index (κ1) is 11.4. The zero-order chi connectivity index (χ0) is 11.6. The van der Waals surface area contributed by atoms with E-state index in [-0.39, 0.29) is 6.04 Å². The molecular weight excluding hydrogens is 222 g/mol. The topological polar surface area (TPSA) is 46.2 Å². The van der Waals surface area contributed by atoms with Crippen LogP contribution in [0.3, 0.4) is 0 Å². The van der Waals surface area contributed by atoms with E-state index in [0.29, 0.717) is 4.90 Å². The molecule has 0 amide bonds. The van der Waals surface area contributed by atoms with Gasteiger partial charge in [-0.05, 0) is 37.5 Å². The molecule has 0 heterocycles. The van der Waals surface area contributed by atoms with E-state index in [0.717, 1.165) is 18.4 Å². The number of allylic oxidation sites excluding steroid dienone is 1. The maximum absolute atomic E-state index is 11.9. The first-order valence-electron chi connectivity index (χ1n) is 5.37. The number of hydrogen-bond acceptors (Lipinski definition) is 2. The molecule has 2 rings (SSSR count). The molecule has 1 aliphatic carbocycles.